The fraction of sp³-hybridized carbons (Fsp3) is 0.217. The first-order valence-corrected chi connectivity index (χ1v) is 11.1. The van der Waals surface area contributed by atoms with Gasteiger partial charge in [0.2, 0.25) is 10.6 Å². The summed E-state index contributed by atoms with van der Waals surface area (Å²) in [6.07, 6.45) is 1.76. The molecule has 1 heterocycles. The largest absolute Gasteiger partial charge is 0.493 e. The molecular weight excluding hydrogens is 478 g/mol. The average Bonchev–Trinajstić information content (AvgIpc) is 3.18. The van der Waals surface area contributed by atoms with Gasteiger partial charge in [0.05, 0.1) is 39.3 Å². The second-order valence-corrected chi connectivity index (χ2v) is 8.21. The van der Waals surface area contributed by atoms with Gasteiger partial charge < -0.3 is 14.2 Å². The smallest absolute Gasteiger partial charge is 0.206 e. The van der Waals surface area contributed by atoms with Gasteiger partial charge in [-0.2, -0.15) is 5.10 Å². The highest BCUT2D eigenvalue weighted by Gasteiger charge is 2.15. The Morgan fingerprint density at radius 1 is 1.13 bits per heavy atom. The van der Waals surface area contributed by atoms with Crippen LogP contribution in [-0.4, -0.2) is 38.3 Å². The molecule has 0 unspecified atom stereocenters. The van der Waals surface area contributed by atoms with Crippen LogP contribution >= 0.6 is 27.3 Å². The third-order valence-electron chi connectivity index (χ3n) is 4.49. The summed E-state index contributed by atoms with van der Waals surface area (Å²) >= 11 is 5.08. The first-order valence-electron chi connectivity index (χ1n) is 9.46. The van der Waals surface area contributed by atoms with Crippen LogP contribution in [0, 0.1) is 0 Å². The lowest BCUT2D eigenvalue weighted by atomic mass is 10.1. The molecule has 0 aliphatic carbocycles. The zero-order valence-corrected chi connectivity index (χ0v) is 20.3. The standard InChI is InChI=1S/C23H24BrN3O3S/c1-6-10-25-23-27(19(14-31-23)16-8-7-9-18(24)11-16)26-15(2)17-12-20(28-3)22(30-5)21(13-17)29-4/h6-9,11-14H,1,10H2,2-5H3. The van der Waals surface area contributed by atoms with Crippen LogP contribution in [0.2, 0.25) is 0 Å². The van der Waals surface area contributed by atoms with Gasteiger partial charge in [-0.3, -0.25) is 4.99 Å². The Morgan fingerprint density at radius 3 is 2.42 bits per heavy atom. The summed E-state index contributed by atoms with van der Waals surface area (Å²) in [5.41, 5.74) is 3.60. The molecule has 6 nitrogen and oxygen atoms in total. The van der Waals surface area contributed by atoms with Crippen molar-refractivity contribution in [1.82, 2.24) is 4.68 Å². The molecule has 0 bridgehead atoms. The normalized spacial score (nSPS) is 12.0. The number of hydrogen-bond acceptors (Lipinski definition) is 6. The minimum atomic E-state index is 0.511. The van der Waals surface area contributed by atoms with Crippen LogP contribution in [0.25, 0.3) is 11.3 Å². The van der Waals surface area contributed by atoms with Crippen LogP contribution in [-0.2, 0) is 0 Å². The second-order valence-electron chi connectivity index (χ2n) is 6.45. The van der Waals surface area contributed by atoms with Gasteiger partial charge in [-0.15, -0.1) is 17.9 Å². The molecule has 0 spiro atoms. The molecule has 2 aromatic carbocycles. The lowest BCUT2D eigenvalue weighted by Gasteiger charge is -2.14. The molecule has 3 rings (SSSR count). The highest BCUT2D eigenvalue weighted by atomic mass is 79.9. The molecule has 31 heavy (non-hydrogen) atoms. The lowest BCUT2D eigenvalue weighted by Crippen LogP contribution is -2.14. The maximum absolute atomic E-state index is 5.49. The molecule has 0 fully saturated rings. The Hall–Kier alpha value is -2.84. The number of nitrogens with zero attached hydrogens (tertiary/aromatic N) is 3. The van der Waals surface area contributed by atoms with Crippen LogP contribution in [0.15, 0.2) is 69.0 Å². The van der Waals surface area contributed by atoms with Crippen molar-refractivity contribution >= 4 is 33.0 Å². The molecule has 162 valence electrons. The quantitative estimate of drug-likeness (QED) is 0.308. The monoisotopic (exact) mass is 501 g/mol. The minimum Gasteiger partial charge on any atom is -0.493 e. The molecule has 0 saturated heterocycles. The Balaban J connectivity index is 2.18. The highest BCUT2D eigenvalue weighted by Crippen LogP contribution is 2.38. The summed E-state index contributed by atoms with van der Waals surface area (Å²) in [4.78, 5) is 5.39. The second kappa shape index (κ2) is 10.5. The van der Waals surface area contributed by atoms with E-state index in [-0.39, 0.29) is 0 Å². The van der Waals surface area contributed by atoms with Crippen LogP contribution < -0.4 is 19.0 Å². The maximum atomic E-state index is 5.49. The lowest BCUT2D eigenvalue weighted by molar-refractivity contribution is 0.324. The van der Waals surface area contributed by atoms with Crippen LogP contribution in [0.4, 0.5) is 0 Å². The van der Waals surface area contributed by atoms with Gasteiger partial charge in [-0.1, -0.05) is 34.1 Å². The van der Waals surface area contributed by atoms with E-state index < -0.39 is 0 Å². The van der Waals surface area contributed by atoms with Crippen molar-refractivity contribution in [2.45, 2.75) is 6.92 Å². The molecule has 0 atom stereocenters. The summed E-state index contributed by atoms with van der Waals surface area (Å²) in [7, 11) is 4.78. The number of aromatic nitrogens is 1. The van der Waals surface area contributed by atoms with Gasteiger partial charge >= 0.3 is 0 Å². The first kappa shape index (κ1) is 22.8. The predicted molar refractivity (Wildman–Crippen MR) is 130 cm³/mol. The fourth-order valence-corrected chi connectivity index (χ4v) is 4.23. The van der Waals surface area contributed by atoms with Crippen molar-refractivity contribution < 1.29 is 14.2 Å². The van der Waals surface area contributed by atoms with E-state index in [1.165, 1.54) is 11.3 Å². The SMILES string of the molecule is C=CCN=c1scc(-c2cccc(Br)c2)n1N=C(C)c1cc(OC)c(OC)c(OC)c1. The summed E-state index contributed by atoms with van der Waals surface area (Å²) in [5.74, 6) is 1.69. The summed E-state index contributed by atoms with van der Waals surface area (Å²) in [5, 5.41) is 6.95. The van der Waals surface area contributed by atoms with Crippen molar-refractivity contribution in [2.24, 2.45) is 10.1 Å². The molecule has 8 heteroatoms. The molecule has 0 saturated carbocycles. The van der Waals surface area contributed by atoms with E-state index in [0.717, 1.165) is 31.8 Å². The van der Waals surface area contributed by atoms with Crippen molar-refractivity contribution in [3.8, 4) is 28.5 Å². The molecule has 3 aromatic rings. The van der Waals surface area contributed by atoms with E-state index in [2.05, 4.69) is 38.9 Å². The molecule has 1 aromatic heterocycles. The third-order valence-corrected chi connectivity index (χ3v) is 5.84. The zero-order chi connectivity index (χ0) is 22.4. The van der Waals surface area contributed by atoms with Crippen molar-refractivity contribution in [3.05, 3.63) is 69.3 Å². The predicted octanol–water partition coefficient (Wildman–Crippen LogP) is 5.36. The molecule has 0 aliphatic heterocycles. The third kappa shape index (κ3) is 5.08. The topological polar surface area (TPSA) is 57.3 Å². The van der Waals surface area contributed by atoms with Crippen LogP contribution in [0.1, 0.15) is 12.5 Å². The van der Waals surface area contributed by atoms with Gasteiger partial charge in [0.1, 0.15) is 0 Å². The minimum absolute atomic E-state index is 0.511. The number of benzene rings is 2. The number of ether oxygens (including phenoxy) is 3. The average molecular weight is 502 g/mol. The van der Waals surface area contributed by atoms with E-state index >= 15 is 0 Å². The Kier molecular flexibility index (Phi) is 7.70. The molecule has 0 radical (unpaired) electrons. The van der Waals surface area contributed by atoms with Gasteiger partial charge in [0, 0.05) is 21.0 Å². The van der Waals surface area contributed by atoms with E-state index in [4.69, 9.17) is 19.3 Å². The van der Waals surface area contributed by atoms with E-state index in [9.17, 15) is 0 Å². The summed E-state index contributed by atoms with van der Waals surface area (Å²) in [6.45, 7) is 6.21. The van der Waals surface area contributed by atoms with Gasteiger partial charge in [0.15, 0.2) is 11.5 Å². The van der Waals surface area contributed by atoms with Crippen molar-refractivity contribution in [3.63, 3.8) is 0 Å². The van der Waals surface area contributed by atoms with E-state index in [0.29, 0.717) is 23.8 Å². The number of thiazole rings is 1. The van der Waals surface area contributed by atoms with Gasteiger partial charge in [-0.25, -0.2) is 4.68 Å². The summed E-state index contributed by atoms with van der Waals surface area (Å²) < 4.78 is 19.3. The van der Waals surface area contributed by atoms with Crippen molar-refractivity contribution in [1.29, 1.82) is 0 Å². The number of hydrogen-bond donors (Lipinski definition) is 0. The molecular formula is C23H24BrN3O3S. The Morgan fingerprint density at radius 2 is 1.84 bits per heavy atom. The number of methoxy groups -OCH3 is 3. The van der Waals surface area contributed by atoms with Gasteiger partial charge in [0.25, 0.3) is 0 Å². The van der Waals surface area contributed by atoms with Crippen molar-refractivity contribution in [2.75, 3.05) is 27.9 Å². The first-order chi connectivity index (χ1) is 15.0. The van der Waals surface area contributed by atoms with Crippen LogP contribution in [0.5, 0.6) is 17.2 Å². The van der Waals surface area contributed by atoms with E-state index in [1.807, 2.05) is 41.9 Å². The Labute approximate surface area is 194 Å². The van der Waals surface area contributed by atoms with Gasteiger partial charge in [-0.05, 0) is 31.2 Å². The molecule has 0 amide bonds. The fourth-order valence-electron chi connectivity index (χ4n) is 2.99. The maximum Gasteiger partial charge on any atom is 0.206 e. The zero-order valence-electron chi connectivity index (χ0n) is 17.9. The number of rotatable bonds is 8. The van der Waals surface area contributed by atoms with E-state index in [1.54, 1.807) is 27.4 Å². The number of halogens is 1. The summed E-state index contributed by atoms with van der Waals surface area (Å²) in [6, 6.07) is 11.9. The molecule has 0 N–H and O–H groups in total. The Bertz CT molecular complexity index is 1160. The van der Waals surface area contributed by atoms with Crippen LogP contribution in [0.3, 0.4) is 0 Å². The molecule has 0 aliphatic rings. The highest BCUT2D eigenvalue weighted by molar-refractivity contribution is 9.10.